The molecule has 6 nitrogen and oxygen atoms in total. The molecule has 142 valence electrons. The predicted molar refractivity (Wildman–Crippen MR) is 101 cm³/mol. The fourth-order valence-electron chi connectivity index (χ4n) is 2.18. The van der Waals surface area contributed by atoms with Crippen LogP contribution >= 0.6 is 11.3 Å². The summed E-state index contributed by atoms with van der Waals surface area (Å²) < 4.78 is 10.4. The third-order valence-corrected chi connectivity index (χ3v) is 4.30. The molecule has 7 heteroatoms. The largest absolute Gasteiger partial charge is 0.412 e. The molecule has 0 unspecified atom stereocenters. The van der Waals surface area contributed by atoms with Gasteiger partial charge in [-0.05, 0) is 12.8 Å². The van der Waals surface area contributed by atoms with E-state index in [0.717, 1.165) is 51.4 Å². The van der Waals surface area contributed by atoms with E-state index in [4.69, 9.17) is 9.47 Å². The first-order valence-electron chi connectivity index (χ1n) is 9.14. The first-order chi connectivity index (χ1) is 12.2. The molecule has 0 aliphatic carbocycles. The highest BCUT2D eigenvalue weighted by Gasteiger charge is 2.14. The molecule has 2 amide bonds. The molecule has 25 heavy (non-hydrogen) atoms. The molecule has 2 N–H and O–H groups in total. The molecule has 0 aliphatic rings. The number of ether oxygens (including phenoxy) is 2. The smallest absolute Gasteiger partial charge is 0.405 e. The molecule has 0 saturated carbocycles. The lowest BCUT2D eigenvalue weighted by Crippen LogP contribution is -2.29. The van der Waals surface area contributed by atoms with E-state index in [0.29, 0.717) is 13.1 Å². The second-order valence-corrected chi connectivity index (χ2v) is 6.60. The zero-order valence-corrected chi connectivity index (χ0v) is 16.1. The zero-order valence-electron chi connectivity index (χ0n) is 15.3. The van der Waals surface area contributed by atoms with Crippen molar-refractivity contribution >= 4 is 23.5 Å². The van der Waals surface area contributed by atoms with E-state index in [9.17, 15) is 9.59 Å². The van der Waals surface area contributed by atoms with E-state index in [1.54, 1.807) is 10.8 Å². The van der Waals surface area contributed by atoms with E-state index >= 15 is 0 Å². The third kappa shape index (κ3) is 9.96. The maximum Gasteiger partial charge on any atom is 0.412 e. The molecule has 0 aromatic carbocycles. The topological polar surface area (TPSA) is 76.7 Å². The van der Waals surface area contributed by atoms with Crippen LogP contribution in [0.25, 0.3) is 0 Å². The Bertz CT molecular complexity index is 463. The number of carbonyl (C=O) groups is 2. The summed E-state index contributed by atoms with van der Waals surface area (Å²) in [5, 5.41) is 8.68. The summed E-state index contributed by atoms with van der Waals surface area (Å²) in [6.45, 7) is 5.44. The van der Waals surface area contributed by atoms with E-state index in [-0.39, 0.29) is 11.5 Å². The van der Waals surface area contributed by atoms with Crippen molar-refractivity contribution in [2.75, 3.05) is 13.1 Å². The highest BCUT2D eigenvalue weighted by molar-refractivity contribution is 7.08. The van der Waals surface area contributed by atoms with Gasteiger partial charge in [0.2, 0.25) is 0 Å². The summed E-state index contributed by atoms with van der Waals surface area (Å²) >= 11 is 1.31. The number of hydrogen-bond donors (Lipinski definition) is 2. The number of unbranched alkanes of at least 4 members (excludes halogenated alkanes) is 6. The van der Waals surface area contributed by atoms with Gasteiger partial charge in [0.25, 0.3) is 0 Å². The van der Waals surface area contributed by atoms with Crippen molar-refractivity contribution in [3.63, 3.8) is 0 Å². The number of carbonyl (C=O) groups excluding carboxylic acids is 2. The van der Waals surface area contributed by atoms with Gasteiger partial charge in [-0.2, -0.15) is 0 Å². The van der Waals surface area contributed by atoms with Crippen LogP contribution in [0.3, 0.4) is 0 Å². The lowest BCUT2D eigenvalue weighted by atomic mass is 10.2. The Morgan fingerprint density at radius 2 is 1.24 bits per heavy atom. The van der Waals surface area contributed by atoms with Gasteiger partial charge in [0.05, 0.1) is 0 Å². The van der Waals surface area contributed by atoms with Crippen LogP contribution in [0.2, 0.25) is 0 Å². The number of thiophene rings is 1. The Kier molecular flexibility index (Phi) is 11.5. The molecule has 0 bridgehead atoms. The summed E-state index contributed by atoms with van der Waals surface area (Å²) in [5.74, 6) is 0.523. The molecule has 0 atom stereocenters. The van der Waals surface area contributed by atoms with Gasteiger partial charge in [-0.25, -0.2) is 9.59 Å². The maximum atomic E-state index is 11.8. The van der Waals surface area contributed by atoms with Gasteiger partial charge in [0.1, 0.15) is 0 Å². The van der Waals surface area contributed by atoms with Gasteiger partial charge >= 0.3 is 12.2 Å². The van der Waals surface area contributed by atoms with Crippen molar-refractivity contribution in [3.05, 3.63) is 10.8 Å². The lowest BCUT2D eigenvalue weighted by Gasteiger charge is -2.08. The number of nitrogens with one attached hydrogen (secondary N) is 2. The fourth-order valence-corrected chi connectivity index (χ4v) is 2.82. The van der Waals surface area contributed by atoms with Crippen LogP contribution in [-0.4, -0.2) is 25.3 Å². The molecule has 0 saturated heterocycles. The van der Waals surface area contributed by atoms with Crippen molar-refractivity contribution in [2.24, 2.45) is 0 Å². The van der Waals surface area contributed by atoms with Crippen molar-refractivity contribution < 1.29 is 19.1 Å². The normalized spacial score (nSPS) is 10.3. The van der Waals surface area contributed by atoms with Crippen molar-refractivity contribution in [1.82, 2.24) is 10.6 Å². The average Bonchev–Trinajstić information content (AvgIpc) is 3.01. The second-order valence-electron chi connectivity index (χ2n) is 5.85. The molecular weight excluding hydrogens is 340 g/mol. The van der Waals surface area contributed by atoms with Crippen LogP contribution in [0.4, 0.5) is 9.59 Å². The summed E-state index contributed by atoms with van der Waals surface area (Å²) in [5.41, 5.74) is 0. The molecule has 1 aromatic heterocycles. The minimum absolute atomic E-state index is 0.261. The molecular formula is C18H30N2O4S. The van der Waals surface area contributed by atoms with Crippen LogP contribution in [0, 0.1) is 0 Å². The van der Waals surface area contributed by atoms with E-state index in [1.807, 2.05) is 0 Å². The molecule has 0 aliphatic heterocycles. The van der Waals surface area contributed by atoms with Gasteiger partial charge in [-0.3, -0.25) is 0 Å². The Labute approximate surface area is 154 Å². The van der Waals surface area contributed by atoms with Gasteiger partial charge in [0.15, 0.2) is 11.5 Å². The molecule has 1 heterocycles. The minimum Gasteiger partial charge on any atom is -0.405 e. The summed E-state index contributed by atoms with van der Waals surface area (Å²) in [7, 11) is 0. The molecule has 0 spiro atoms. The van der Waals surface area contributed by atoms with Gasteiger partial charge in [-0.1, -0.05) is 52.4 Å². The minimum atomic E-state index is -0.528. The Morgan fingerprint density at radius 1 is 0.800 bits per heavy atom. The van der Waals surface area contributed by atoms with Crippen molar-refractivity contribution in [2.45, 2.75) is 65.2 Å². The maximum absolute atomic E-state index is 11.8. The quantitative estimate of drug-likeness (QED) is 0.503. The zero-order chi connectivity index (χ0) is 18.3. The number of amides is 2. The molecule has 0 radical (unpaired) electrons. The van der Waals surface area contributed by atoms with Crippen molar-refractivity contribution in [3.8, 4) is 11.5 Å². The first-order valence-corrected chi connectivity index (χ1v) is 10.1. The summed E-state index contributed by atoms with van der Waals surface area (Å²) in [6.07, 6.45) is 7.59. The van der Waals surface area contributed by atoms with Crippen LogP contribution in [0.1, 0.15) is 65.2 Å². The second kappa shape index (κ2) is 13.5. The van der Waals surface area contributed by atoms with E-state index in [1.165, 1.54) is 11.3 Å². The first kappa shape index (κ1) is 21.3. The number of rotatable bonds is 12. The summed E-state index contributed by atoms with van der Waals surface area (Å²) in [4.78, 5) is 23.5. The standard InChI is InChI=1S/C18H30N2O4S/c1-3-5-7-9-11-19-17(21)23-15-13-25-14-16(15)24-18(22)20-12-10-8-6-4-2/h13-14H,3-12H2,1-2H3,(H,19,21)(H,20,22). The van der Waals surface area contributed by atoms with Crippen LogP contribution in [0.5, 0.6) is 11.5 Å². The fraction of sp³-hybridized carbons (Fsp3) is 0.667. The van der Waals surface area contributed by atoms with Crippen LogP contribution < -0.4 is 20.1 Å². The predicted octanol–water partition coefficient (Wildman–Crippen LogP) is 5.09. The lowest BCUT2D eigenvalue weighted by molar-refractivity contribution is 0.190. The average molecular weight is 371 g/mol. The molecule has 1 rings (SSSR count). The Balaban J connectivity index is 2.28. The van der Waals surface area contributed by atoms with Crippen LogP contribution in [0.15, 0.2) is 10.8 Å². The number of hydrogen-bond acceptors (Lipinski definition) is 5. The monoisotopic (exact) mass is 370 g/mol. The van der Waals surface area contributed by atoms with E-state index in [2.05, 4.69) is 24.5 Å². The van der Waals surface area contributed by atoms with Gasteiger partial charge in [-0.15, -0.1) is 11.3 Å². The molecule has 1 aromatic rings. The van der Waals surface area contributed by atoms with Gasteiger partial charge in [0, 0.05) is 23.8 Å². The highest BCUT2D eigenvalue weighted by Crippen LogP contribution is 2.31. The Morgan fingerprint density at radius 3 is 1.64 bits per heavy atom. The highest BCUT2D eigenvalue weighted by atomic mass is 32.1. The van der Waals surface area contributed by atoms with E-state index < -0.39 is 12.2 Å². The molecule has 0 fully saturated rings. The Hall–Kier alpha value is -1.76. The third-order valence-electron chi connectivity index (χ3n) is 3.60. The summed E-state index contributed by atoms with van der Waals surface area (Å²) in [6, 6.07) is 0. The van der Waals surface area contributed by atoms with Crippen LogP contribution in [-0.2, 0) is 0 Å². The van der Waals surface area contributed by atoms with Gasteiger partial charge < -0.3 is 20.1 Å². The van der Waals surface area contributed by atoms with Crippen molar-refractivity contribution in [1.29, 1.82) is 0 Å². The SMILES string of the molecule is CCCCCCNC(=O)Oc1cscc1OC(=O)NCCCCCC.